The monoisotopic (exact) mass is 374 g/mol. The van der Waals surface area contributed by atoms with Crippen LogP contribution in [-0.2, 0) is 4.79 Å². The van der Waals surface area contributed by atoms with E-state index in [0.717, 1.165) is 38.2 Å². The smallest absolute Gasteiger partial charge is 0.321 e. The van der Waals surface area contributed by atoms with Gasteiger partial charge >= 0.3 is 6.03 Å². The molecule has 2 aliphatic rings. The topological polar surface area (TPSA) is 65.1 Å². The normalized spacial score (nSPS) is 24.0. The van der Waals surface area contributed by atoms with Crippen LogP contribution in [0.25, 0.3) is 0 Å². The van der Waals surface area contributed by atoms with Crippen molar-refractivity contribution in [3.05, 3.63) is 24.3 Å². The highest BCUT2D eigenvalue weighted by molar-refractivity contribution is 5.89. The summed E-state index contributed by atoms with van der Waals surface area (Å²) in [6.45, 7) is 5.66. The Hall–Kier alpha value is -2.28. The van der Waals surface area contributed by atoms with Crippen molar-refractivity contribution < 1.29 is 14.3 Å². The first kappa shape index (κ1) is 19.5. The summed E-state index contributed by atoms with van der Waals surface area (Å²) in [5, 5.41) is 2.98. The third-order valence-electron chi connectivity index (χ3n) is 5.99. The molecule has 3 amide bonds. The largest absolute Gasteiger partial charge is 0.497 e. The number of ether oxygens (including phenoxy) is 1. The Balaban J connectivity index is 1.70. The zero-order valence-electron chi connectivity index (χ0n) is 16.5. The Morgan fingerprint density at radius 1 is 1.26 bits per heavy atom. The van der Waals surface area contributed by atoms with Gasteiger partial charge in [0.25, 0.3) is 0 Å². The molecule has 3 rings (SSSR count). The van der Waals surface area contributed by atoms with E-state index in [4.69, 9.17) is 4.74 Å². The first-order chi connectivity index (χ1) is 13.0. The molecule has 2 aliphatic heterocycles. The minimum atomic E-state index is -0.135. The fourth-order valence-electron chi connectivity index (χ4n) is 4.10. The second kappa shape index (κ2) is 8.17. The minimum Gasteiger partial charge on any atom is -0.497 e. The molecule has 0 bridgehead atoms. The zero-order chi connectivity index (χ0) is 19.4. The minimum absolute atomic E-state index is 0.0985. The van der Waals surface area contributed by atoms with Crippen LogP contribution in [0.3, 0.4) is 0 Å². The van der Waals surface area contributed by atoms with Crippen LogP contribution in [0.4, 0.5) is 10.5 Å². The van der Waals surface area contributed by atoms with Gasteiger partial charge in [-0.1, -0.05) is 6.07 Å². The van der Waals surface area contributed by atoms with Crippen LogP contribution < -0.4 is 10.1 Å². The van der Waals surface area contributed by atoms with E-state index in [1.807, 2.05) is 41.0 Å². The van der Waals surface area contributed by atoms with Gasteiger partial charge in [-0.25, -0.2) is 4.79 Å². The fraction of sp³-hybridized carbons (Fsp3) is 0.600. The number of rotatable bonds is 3. The fourth-order valence-corrected chi connectivity index (χ4v) is 4.10. The lowest BCUT2D eigenvalue weighted by Crippen LogP contribution is -2.62. The van der Waals surface area contributed by atoms with Crippen molar-refractivity contribution in [3.63, 3.8) is 0 Å². The number of carbonyl (C=O) groups is 2. The molecule has 2 heterocycles. The lowest BCUT2D eigenvalue weighted by atomic mass is 9.86. The molecule has 27 heavy (non-hydrogen) atoms. The van der Waals surface area contributed by atoms with E-state index in [0.29, 0.717) is 25.3 Å². The summed E-state index contributed by atoms with van der Waals surface area (Å²) in [5.74, 6) is 0.935. The number of nitrogens with zero attached hydrogens (tertiary/aromatic N) is 3. The van der Waals surface area contributed by atoms with Crippen LogP contribution in [0.15, 0.2) is 24.3 Å². The number of hydrogen-bond acceptors (Lipinski definition) is 4. The van der Waals surface area contributed by atoms with Crippen LogP contribution in [0.2, 0.25) is 0 Å². The molecule has 0 aromatic heterocycles. The van der Waals surface area contributed by atoms with Gasteiger partial charge in [0.15, 0.2) is 0 Å². The van der Waals surface area contributed by atoms with Crippen molar-refractivity contribution >= 4 is 17.6 Å². The number of hydrogen-bond donors (Lipinski definition) is 1. The highest BCUT2D eigenvalue weighted by Gasteiger charge is 2.43. The molecule has 2 fully saturated rings. The Morgan fingerprint density at radius 2 is 2.07 bits per heavy atom. The Kier molecular flexibility index (Phi) is 5.89. The maximum Gasteiger partial charge on any atom is 0.321 e. The van der Waals surface area contributed by atoms with E-state index in [1.165, 1.54) is 0 Å². The maximum absolute atomic E-state index is 12.8. The van der Waals surface area contributed by atoms with Gasteiger partial charge in [0.2, 0.25) is 5.91 Å². The highest BCUT2D eigenvalue weighted by atomic mass is 16.5. The van der Waals surface area contributed by atoms with Gasteiger partial charge in [0.1, 0.15) is 5.75 Å². The summed E-state index contributed by atoms with van der Waals surface area (Å²) in [6.07, 6.45) is 2.23. The summed E-state index contributed by atoms with van der Waals surface area (Å²) >= 11 is 0. The van der Waals surface area contributed by atoms with Gasteiger partial charge in [0.05, 0.1) is 7.11 Å². The molecular formula is C20H30N4O3. The van der Waals surface area contributed by atoms with Crippen molar-refractivity contribution in [3.8, 4) is 5.75 Å². The molecular weight excluding hydrogens is 344 g/mol. The molecule has 0 unspecified atom stereocenters. The molecule has 1 aromatic rings. The summed E-state index contributed by atoms with van der Waals surface area (Å²) < 4.78 is 5.22. The molecule has 1 N–H and O–H groups in total. The third kappa shape index (κ3) is 4.18. The first-order valence-electron chi connectivity index (χ1n) is 9.66. The number of likely N-dealkylation sites (N-methyl/N-ethyl adjacent to an activating group) is 1. The lowest BCUT2D eigenvalue weighted by Gasteiger charge is -2.49. The molecule has 2 saturated heterocycles. The predicted molar refractivity (Wildman–Crippen MR) is 105 cm³/mol. The molecule has 0 saturated carbocycles. The van der Waals surface area contributed by atoms with E-state index < -0.39 is 0 Å². The number of amides is 3. The number of benzene rings is 1. The molecule has 1 atom stereocenters. The van der Waals surface area contributed by atoms with E-state index in [9.17, 15) is 9.59 Å². The average molecular weight is 374 g/mol. The van der Waals surface area contributed by atoms with Crippen molar-refractivity contribution in [2.24, 2.45) is 0 Å². The third-order valence-corrected chi connectivity index (χ3v) is 5.99. The maximum atomic E-state index is 12.8. The average Bonchev–Trinajstić information content (AvgIpc) is 2.84. The Bertz CT molecular complexity index is 696. The molecule has 0 aliphatic carbocycles. The van der Waals surface area contributed by atoms with Gasteiger partial charge in [-0.05, 0) is 38.9 Å². The van der Waals surface area contributed by atoms with Crippen molar-refractivity contribution in [1.82, 2.24) is 14.7 Å². The van der Waals surface area contributed by atoms with Gasteiger partial charge in [-0.15, -0.1) is 0 Å². The number of carbonyl (C=O) groups excluding carboxylic acids is 2. The van der Waals surface area contributed by atoms with Gasteiger partial charge in [-0.2, -0.15) is 0 Å². The Labute approximate surface area is 161 Å². The van der Waals surface area contributed by atoms with E-state index in [2.05, 4.69) is 17.3 Å². The van der Waals surface area contributed by atoms with Gasteiger partial charge in [-0.3, -0.25) is 9.69 Å². The summed E-state index contributed by atoms with van der Waals surface area (Å²) in [6, 6.07) is 7.28. The second-order valence-electron chi connectivity index (χ2n) is 7.45. The summed E-state index contributed by atoms with van der Waals surface area (Å²) in [7, 11) is 3.72. The number of methoxy groups -OCH3 is 1. The van der Waals surface area contributed by atoms with Crippen LogP contribution in [0.5, 0.6) is 5.75 Å². The van der Waals surface area contributed by atoms with Crippen LogP contribution in [0, 0.1) is 0 Å². The molecule has 7 heteroatoms. The SMILES string of the molecule is CCN1CC[C@@]2(CCC1=O)CN(C(=O)Nc1cccc(OC)c1)CCN2C. The molecule has 0 radical (unpaired) electrons. The number of urea groups is 1. The number of piperazine rings is 1. The van der Waals surface area contributed by atoms with Crippen LogP contribution >= 0.6 is 0 Å². The number of anilines is 1. The number of nitrogens with one attached hydrogen (secondary N) is 1. The zero-order valence-corrected chi connectivity index (χ0v) is 16.5. The summed E-state index contributed by atoms with van der Waals surface area (Å²) in [4.78, 5) is 31.3. The lowest BCUT2D eigenvalue weighted by molar-refractivity contribution is -0.130. The second-order valence-corrected chi connectivity index (χ2v) is 7.45. The van der Waals surface area contributed by atoms with E-state index in [1.54, 1.807) is 7.11 Å². The molecule has 148 valence electrons. The van der Waals surface area contributed by atoms with Crippen molar-refractivity contribution in [2.45, 2.75) is 31.7 Å². The quantitative estimate of drug-likeness (QED) is 0.881. The number of likely N-dealkylation sites (tertiary alicyclic amines) is 1. The van der Waals surface area contributed by atoms with E-state index in [-0.39, 0.29) is 17.5 Å². The standard InChI is InChI=1S/C20H30N4O3/c1-4-23-11-10-20(9-8-18(23)25)15-24(13-12-22(20)2)19(26)21-16-6-5-7-17(14-16)27-3/h5-7,14H,4,8-13,15H2,1-3H3,(H,21,26)/t20-/m0/s1. The van der Waals surface area contributed by atoms with Gasteiger partial charge in [0, 0.05) is 56.4 Å². The Morgan fingerprint density at radius 3 is 2.81 bits per heavy atom. The first-order valence-corrected chi connectivity index (χ1v) is 9.66. The highest BCUT2D eigenvalue weighted by Crippen LogP contribution is 2.32. The van der Waals surface area contributed by atoms with Crippen molar-refractivity contribution in [1.29, 1.82) is 0 Å². The predicted octanol–water partition coefficient (Wildman–Crippen LogP) is 2.25. The van der Waals surface area contributed by atoms with Gasteiger partial charge < -0.3 is 19.9 Å². The van der Waals surface area contributed by atoms with Crippen LogP contribution in [0.1, 0.15) is 26.2 Å². The van der Waals surface area contributed by atoms with Crippen LogP contribution in [-0.4, -0.2) is 79.1 Å². The summed E-state index contributed by atoms with van der Waals surface area (Å²) in [5.41, 5.74) is 0.587. The van der Waals surface area contributed by atoms with E-state index >= 15 is 0 Å². The van der Waals surface area contributed by atoms with Crippen molar-refractivity contribution in [2.75, 3.05) is 52.2 Å². The molecule has 1 aromatic carbocycles. The molecule has 1 spiro atoms. The molecule has 7 nitrogen and oxygen atoms in total.